The molecule has 0 aliphatic carbocycles. The Balaban J connectivity index is 1.98. The van der Waals surface area contributed by atoms with E-state index in [1.165, 1.54) is 41.3 Å². The Labute approximate surface area is 164 Å². The number of unbranched alkanes of at least 4 members (excludes halogenated alkanes) is 4. The van der Waals surface area contributed by atoms with Gasteiger partial charge in [0.15, 0.2) is 0 Å². The van der Waals surface area contributed by atoms with Gasteiger partial charge < -0.3 is 0 Å². The monoisotopic (exact) mass is 378 g/mol. The minimum absolute atomic E-state index is 0.316. The van der Waals surface area contributed by atoms with Crippen molar-refractivity contribution < 1.29 is 5.11 Å². The molecule has 27 heavy (non-hydrogen) atoms. The zero-order chi connectivity index (χ0) is 18.8. The quantitative estimate of drug-likeness (QED) is 0.402. The molecule has 1 N–H and O–H groups in total. The SMILES string of the molecule is OCCCCCCC[PH](c1ccccc1)(c1ccccc1)c1ccccc1. The van der Waals surface area contributed by atoms with Crippen LogP contribution in [0.15, 0.2) is 91.0 Å². The molecule has 0 atom stereocenters. The van der Waals surface area contributed by atoms with Crippen LogP contribution in [0.5, 0.6) is 0 Å². The van der Waals surface area contributed by atoms with Crippen molar-refractivity contribution in [1.29, 1.82) is 0 Å². The fraction of sp³-hybridized carbons (Fsp3) is 0.280. The van der Waals surface area contributed by atoms with Crippen LogP contribution in [0, 0.1) is 0 Å². The first-order valence-corrected chi connectivity index (χ1v) is 12.4. The van der Waals surface area contributed by atoms with E-state index in [2.05, 4.69) is 91.0 Å². The van der Waals surface area contributed by atoms with Gasteiger partial charge in [-0.1, -0.05) is 0 Å². The fourth-order valence-electron chi connectivity index (χ4n) is 4.13. The summed E-state index contributed by atoms with van der Waals surface area (Å²) in [4.78, 5) is 0. The van der Waals surface area contributed by atoms with E-state index in [4.69, 9.17) is 5.11 Å². The molecule has 0 saturated heterocycles. The first kappa shape index (κ1) is 19.8. The molecule has 3 aromatic carbocycles. The van der Waals surface area contributed by atoms with Crippen molar-refractivity contribution in [1.82, 2.24) is 0 Å². The Morgan fingerprint density at radius 3 is 1.26 bits per heavy atom. The van der Waals surface area contributed by atoms with Crippen LogP contribution in [0.1, 0.15) is 32.1 Å². The zero-order valence-electron chi connectivity index (χ0n) is 16.1. The second kappa shape index (κ2) is 10.4. The molecule has 0 unspecified atom stereocenters. The van der Waals surface area contributed by atoms with Crippen molar-refractivity contribution in [3.63, 3.8) is 0 Å². The molecule has 0 bridgehead atoms. The second-order valence-electron chi connectivity index (χ2n) is 7.24. The first-order valence-electron chi connectivity index (χ1n) is 10.2. The van der Waals surface area contributed by atoms with Crippen molar-refractivity contribution in [2.45, 2.75) is 32.1 Å². The van der Waals surface area contributed by atoms with E-state index in [0.717, 1.165) is 12.8 Å². The summed E-state index contributed by atoms with van der Waals surface area (Å²) in [7, 11) is -2.04. The van der Waals surface area contributed by atoms with Crippen molar-refractivity contribution >= 4 is 23.2 Å². The van der Waals surface area contributed by atoms with E-state index < -0.39 is 7.26 Å². The summed E-state index contributed by atoms with van der Waals surface area (Å²) in [5, 5.41) is 13.5. The van der Waals surface area contributed by atoms with E-state index in [1.54, 1.807) is 0 Å². The Kier molecular flexibility index (Phi) is 7.63. The summed E-state index contributed by atoms with van der Waals surface area (Å²) in [6.45, 7) is 0.316. The van der Waals surface area contributed by atoms with Crippen LogP contribution < -0.4 is 15.9 Å². The zero-order valence-corrected chi connectivity index (χ0v) is 17.1. The van der Waals surface area contributed by atoms with Gasteiger partial charge in [-0.25, -0.2) is 0 Å². The van der Waals surface area contributed by atoms with E-state index in [0.29, 0.717) is 6.61 Å². The molecule has 0 radical (unpaired) electrons. The maximum atomic E-state index is 9.00. The van der Waals surface area contributed by atoms with E-state index in [9.17, 15) is 0 Å². The summed E-state index contributed by atoms with van der Waals surface area (Å²) in [5.41, 5.74) is 0. The van der Waals surface area contributed by atoms with Gasteiger partial charge in [0.05, 0.1) is 0 Å². The third kappa shape index (κ3) is 4.86. The summed E-state index contributed by atoms with van der Waals surface area (Å²) < 4.78 is 0. The van der Waals surface area contributed by atoms with E-state index in [1.807, 2.05) is 0 Å². The van der Waals surface area contributed by atoms with Crippen LogP contribution in [0.3, 0.4) is 0 Å². The van der Waals surface area contributed by atoms with Crippen LogP contribution >= 0.6 is 7.26 Å². The molecule has 0 saturated carbocycles. The van der Waals surface area contributed by atoms with Crippen molar-refractivity contribution in [2.75, 3.05) is 12.8 Å². The first-order chi connectivity index (χ1) is 13.4. The summed E-state index contributed by atoms with van der Waals surface area (Å²) in [6, 6.07) is 33.5. The molecule has 1 nitrogen and oxygen atoms in total. The van der Waals surface area contributed by atoms with Crippen molar-refractivity contribution in [3.8, 4) is 0 Å². The molecule has 0 aliphatic heterocycles. The van der Waals surface area contributed by atoms with Gasteiger partial charge in [-0.05, 0) is 0 Å². The molecule has 0 aromatic heterocycles. The number of benzene rings is 3. The Bertz CT molecular complexity index is 675. The molecular formula is C25H31OP. The van der Waals surface area contributed by atoms with E-state index in [-0.39, 0.29) is 0 Å². The molecule has 0 fully saturated rings. The molecule has 0 heterocycles. The molecule has 3 aromatic rings. The average molecular weight is 378 g/mol. The maximum absolute atomic E-state index is 9.00. The number of hydrogen-bond acceptors (Lipinski definition) is 1. The predicted molar refractivity (Wildman–Crippen MR) is 122 cm³/mol. The van der Waals surface area contributed by atoms with E-state index >= 15 is 0 Å². The number of rotatable bonds is 10. The number of aliphatic hydroxyl groups excluding tert-OH is 1. The Hall–Kier alpha value is -1.95. The topological polar surface area (TPSA) is 20.2 Å². The van der Waals surface area contributed by atoms with Crippen LogP contribution in [-0.4, -0.2) is 17.9 Å². The predicted octanol–water partition coefficient (Wildman–Crippen LogP) is 4.66. The Morgan fingerprint density at radius 2 is 0.852 bits per heavy atom. The van der Waals surface area contributed by atoms with Crippen LogP contribution in [0.4, 0.5) is 0 Å². The van der Waals surface area contributed by atoms with Gasteiger partial charge in [-0.15, -0.1) is 0 Å². The van der Waals surface area contributed by atoms with Crippen LogP contribution in [0.25, 0.3) is 0 Å². The molecule has 0 aliphatic rings. The van der Waals surface area contributed by atoms with Gasteiger partial charge >= 0.3 is 164 Å². The van der Waals surface area contributed by atoms with Gasteiger partial charge in [0.25, 0.3) is 0 Å². The molecule has 142 valence electrons. The van der Waals surface area contributed by atoms with Crippen molar-refractivity contribution in [3.05, 3.63) is 91.0 Å². The standard InChI is InChI=1S/C25H31OP/c26-21-13-2-1-3-14-22-27(23-15-7-4-8-16-23,24-17-9-5-10-18-24)25-19-11-6-12-20-25/h4-12,15-20,26-27H,1-3,13-14,21-22H2. The van der Waals surface area contributed by atoms with Gasteiger partial charge in [0, 0.05) is 0 Å². The van der Waals surface area contributed by atoms with Gasteiger partial charge in [0.2, 0.25) is 0 Å². The van der Waals surface area contributed by atoms with Crippen LogP contribution in [0.2, 0.25) is 0 Å². The number of aliphatic hydroxyl groups is 1. The van der Waals surface area contributed by atoms with Gasteiger partial charge in [0.1, 0.15) is 0 Å². The van der Waals surface area contributed by atoms with Crippen LogP contribution in [-0.2, 0) is 0 Å². The average Bonchev–Trinajstić information content (AvgIpc) is 2.75. The third-order valence-corrected chi connectivity index (χ3v) is 10.6. The number of hydrogen-bond donors (Lipinski definition) is 1. The summed E-state index contributed by atoms with van der Waals surface area (Å²) in [6.07, 6.45) is 6.97. The van der Waals surface area contributed by atoms with Gasteiger partial charge in [-0.2, -0.15) is 0 Å². The summed E-state index contributed by atoms with van der Waals surface area (Å²) >= 11 is 0. The molecular weight excluding hydrogens is 347 g/mol. The molecule has 2 heteroatoms. The minimum atomic E-state index is -2.04. The molecule has 3 rings (SSSR count). The summed E-state index contributed by atoms with van der Waals surface area (Å²) in [5.74, 6) is 0. The van der Waals surface area contributed by atoms with Crippen molar-refractivity contribution in [2.24, 2.45) is 0 Å². The van der Waals surface area contributed by atoms with Gasteiger partial charge in [-0.3, -0.25) is 0 Å². The molecule has 0 amide bonds. The Morgan fingerprint density at radius 1 is 0.481 bits per heavy atom. The third-order valence-electron chi connectivity index (χ3n) is 5.51. The molecule has 0 spiro atoms. The fourth-order valence-corrected chi connectivity index (χ4v) is 9.06. The normalized spacial score (nSPS) is 12.0. The second-order valence-corrected chi connectivity index (χ2v) is 11.3.